The van der Waals surface area contributed by atoms with Gasteiger partial charge in [0.1, 0.15) is 5.75 Å². The second-order valence-corrected chi connectivity index (χ2v) is 6.14. The zero-order valence-electron chi connectivity index (χ0n) is 13.2. The van der Waals surface area contributed by atoms with Crippen molar-refractivity contribution in [2.45, 2.75) is 26.4 Å². The Bertz CT molecular complexity index is 554. The number of thiophene rings is 1. The molecule has 0 bridgehead atoms. The first-order valence-electron chi connectivity index (χ1n) is 7.31. The first-order chi connectivity index (χ1) is 10.2. The summed E-state index contributed by atoms with van der Waals surface area (Å²) in [5.74, 6) is 0.943. The normalized spacial score (nSPS) is 12.2. The van der Waals surface area contributed by atoms with Gasteiger partial charge >= 0.3 is 0 Å². The van der Waals surface area contributed by atoms with Gasteiger partial charge in [-0.25, -0.2) is 0 Å². The molecular weight excluding hydrogens is 280 g/mol. The largest absolute Gasteiger partial charge is 0.496 e. The van der Waals surface area contributed by atoms with Crippen LogP contribution in [0.25, 0.3) is 0 Å². The first-order valence-corrected chi connectivity index (χ1v) is 8.19. The van der Waals surface area contributed by atoms with E-state index in [4.69, 9.17) is 4.74 Å². The van der Waals surface area contributed by atoms with Crippen molar-refractivity contribution in [3.05, 3.63) is 46.2 Å². The Hall–Kier alpha value is -1.52. The van der Waals surface area contributed by atoms with Gasteiger partial charge in [-0.3, -0.25) is 0 Å². The summed E-state index contributed by atoms with van der Waals surface area (Å²) in [6.45, 7) is 6.16. The molecule has 0 spiro atoms. The van der Waals surface area contributed by atoms with Gasteiger partial charge in [0.15, 0.2) is 0 Å². The highest BCUT2D eigenvalue weighted by molar-refractivity contribution is 7.09. The Labute approximate surface area is 131 Å². The highest BCUT2D eigenvalue weighted by Gasteiger charge is 2.18. The number of nitrogens with one attached hydrogen (secondary N) is 1. The zero-order valence-corrected chi connectivity index (χ0v) is 14.0. The molecule has 0 saturated heterocycles. The highest BCUT2D eigenvalue weighted by Crippen LogP contribution is 2.34. The molecule has 0 aliphatic rings. The lowest BCUT2D eigenvalue weighted by atomic mass is 10.0. The molecule has 0 amide bonds. The number of hydrogen-bond donors (Lipinski definition) is 1. The van der Waals surface area contributed by atoms with E-state index in [1.54, 1.807) is 18.4 Å². The monoisotopic (exact) mass is 304 g/mol. The number of ether oxygens (including phenoxy) is 1. The lowest BCUT2D eigenvalue weighted by Gasteiger charge is -2.26. The molecule has 0 saturated carbocycles. The summed E-state index contributed by atoms with van der Waals surface area (Å²) >= 11 is 1.79. The smallest absolute Gasteiger partial charge is 0.125 e. The lowest BCUT2D eigenvalue weighted by molar-refractivity contribution is 0.402. The van der Waals surface area contributed by atoms with Crippen molar-refractivity contribution in [1.82, 2.24) is 5.32 Å². The summed E-state index contributed by atoms with van der Waals surface area (Å²) in [5, 5.41) is 5.61. The third-order valence-corrected chi connectivity index (χ3v) is 4.45. The summed E-state index contributed by atoms with van der Waals surface area (Å²) in [5.41, 5.74) is 2.44. The number of rotatable bonds is 7. The van der Waals surface area contributed by atoms with Crippen LogP contribution in [0.15, 0.2) is 35.7 Å². The number of benzene rings is 1. The number of anilines is 1. The number of methoxy groups -OCH3 is 1. The Morgan fingerprint density at radius 3 is 2.71 bits per heavy atom. The van der Waals surface area contributed by atoms with E-state index in [1.165, 1.54) is 16.1 Å². The molecule has 1 unspecified atom stereocenters. The van der Waals surface area contributed by atoms with Crippen molar-refractivity contribution >= 4 is 17.0 Å². The molecule has 114 valence electrons. The van der Waals surface area contributed by atoms with Gasteiger partial charge < -0.3 is 15.0 Å². The van der Waals surface area contributed by atoms with E-state index in [1.807, 2.05) is 6.07 Å². The first kappa shape index (κ1) is 15.9. The van der Waals surface area contributed by atoms with Crippen molar-refractivity contribution in [2.75, 3.05) is 25.6 Å². The van der Waals surface area contributed by atoms with Crippen molar-refractivity contribution in [1.29, 1.82) is 0 Å². The topological polar surface area (TPSA) is 24.5 Å². The van der Waals surface area contributed by atoms with Crippen LogP contribution >= 0.6 is 11.3 Å². The Kier molecular flexibility index (Phi) is 5.65. The fourth-order valence-electron chi connectivity index (χ4n) is 2.61. The maximum Gasteiger partial charge on any atom is 0.125 e. The molecule has 3 nitrogen and oxygen atoms in total. The van der Waals surface area contributed by atoms with Crippen molar-refractivity contribution in [3.8, 4) is 5.75 Å². The summed E-state index contributed by atoms with van der Waals surface area (Å²) in [6, 6.07) is 10.8. The molecule has 1 aromatic carbocycles. The molecule has 1 atom stereocenters. The van der Waals surface area contributed by atoms with Crippen LogP contribution in [0, 0.1) is 0 Å². The summed E-state index contributed by atoms with van der Waals surface area (Å²) in [4.78, 5) is 3.65. The molecular formula is C17H24N2OS. The maximum atomic E-state index is 5.57. The van der Waals surface area contributed by atoms with Gasteiger partial charge in [0.2, 0.25) is 0 Å². The SMILES string of the molecule is CCNC(C)c1c(OC)cccc1N(C)Cc1cccs1. The fraction of sp³-hybridized carbons (Fsp3) is 0.412. The molecule has 1 aromatic heterocycles. The summed E-state index contributed by atoms with van der Waals surface area (Å²) in [7, 11) is 3.87. The predicted octanol–water partition coefficient (Wildman–Crippen LogP) is 4.06. The second-order valence-electron chi connectivity index (χ2n) is 5.11. The lowest BCUT2D eigenvalue weighted by Crippen LogP contribution is -2.23. The minimum Gasteiger partial charge on any atom is -0.496 e. The third-order valence-electron chi connectivity index (χ3n) is 3.59. The molecule has 1 N–H and O–H groups in total. The molecule has 0 radical (unpaired) electrons. The Morgan fingerprint density at radius 1 is 1.29 bits per heavy atom. The van der Waals surface area contributed by atoms with Crippen LogP contribution in [0.5, 0.6) is 5.75 Å². The average Bonchev–Trinajstić information content (AvgIpc) is 2.99. The van der Waals surface area contributed by atoms with Gasteiger partial charge in [-0.1, -0.05) is 19.1 Å². The molecule has 1 heterocycles. The molecule has 0 fully saturated rings. The van der Waals surface area contributed by atoms with Crippen molar-refractivity contribution in [3.63, 3.8) is 0 Å². The van der Waals surface area contributed by atoms with Crippen LogP contribution in [0.4, 0.5) is 5.69 Å². The fourth-order valence-corrected chi connectivity index (χ4v) is 3.37. The van der Waals surface area contributed by atoms with Crippen molar-refractivity contribution < 1.29 is 4.74 Å². The maximum absolute atomic E-state index is 5.57. The van der Waals surface area contributed by atoms with Crippen LogP contribution < -0.4 is 15.0 Å². The average molecular weight is 304 g/mol. The van der Waals surface area contributed by atoms with Gasteiger partial charge in [-0.15, -0.1) is 11.3 Å². The van der Waals surface area contributed by atoms with E-state index in [-0.39, 0.29) is 6.04 Å². The summed E-state index contributed by atoms with van der Waals surface area (Å²) in [6.07, 6.45) is 0. The van der Waals surface area contributed by atoms with E-state index in [0.717, 1.165) is 18.8 Å². The van der Waals surface area contributed by atoms with E-state index >= 15 is 0 Å². The molecule has 0 aliphatic heterocycles. The number of hydrogen-bond acceptors (Lipinski definition) is 4. The molecule has 2 rings (SSSR count). The minimum absolute atomic E-state index is 0.256. The molecule has 4 heteroatoms. The molecule has 2 aromatic rings. The summed E-state index contributed by atoms with van der Waals surface area (Å²) < 4.78 is 5.57. The minimum atomic E-state index is 0.256. The van der Waals surface area contributed by atoms with Crippen molar-refractivity contribution in [2.24, 2.45) is 0 Å². The quantitative estimate of drug-likeness (QED) is 0.834. The van der Waals surface area contributed by atoms with Crippen LogP contribution in [-0.2, 0) is 6.54 Å². The Balaban J connectivity index is 2.32. The number of nitrogens with zero attached hydrogens (tertiary/aromatic N) is 1. The van der Waals surface area contributed by atoms with E-state index in [9.17, 15) is 0 Å². The standard InChI is InChI=1S/C17H24N2OS/c1-5-18-13(2)17-15(9-6-10-16(17)20-4)19(3)12-14-8-7-11-21-14/h6-11,13,18H,5,12H2,1-4H3. The van der Waals surface area contributed by atoms with Crippen LogP contribution in [0.2, 0.25) is 0 Å². The van der Waals surface area contributed by atoms with Crippen LogP contribution in [0.1, 0.15) is 30.3 Å². The molecule has 21 heavy (non-hydrogen) atoms. The van der Waals surface area contributed by atoms with E-state index < -0.39 is 0 Å². The third kappa shape index (κ3) is 3.77. The van der Waals surface area contributed by atoms with Gasteiger partial charge in [0.25, 0.3) is 0 Å². The van der Waals surface area contributed by atoms with Crippen LogP contribution in [-0.4, -0.2) is 20.7 Å². The Morgan fingerprint density at radius 2 is 2.10 bits per heavy atom. The van der Waals surface area contributed by atoms with Gasteiger partial charge in [0, 0.05) is 29.2 Å². The molecule has 0 aliphatic carbocycles. The van der Waals surface area contributed by atoms with E-state index in [0.29, 0.717) is 0 Å². The highest BCUT2D eigenvalue weighted by atomic mass is 32.1. The zero-order chi connectivity index (χ0) is 15.2. The van der Waals surface area contributed by atoms with Gasteiger partial charge in [0.05, 0.1) is 13.7 Å². The van der Waals surface area contributed by atoms with Gasteiger partial charge in [-0.2, -0.15) is 0 Å². The predicted molar refractivity (Wildman–Crippen MR) is 91.5 cm³/mol. The second kappa shape index (κ2) is 7.48. The van der Waals surface area contributed by atoms with Gasteiger partial charge in [-0.05, 0) is 37.0 Å². The van der Waals surface area contributed by atoms with E-state index in [2.05, 4.69) is 60.8 Å². The van der Waals surface area contributed by atoms with Crippen LogP contribution in [0.3, 0.4) is 0 Å².